The molecule has 0 radical (unpaired) electrons. The molecule has 5 aliphatic rings. The summed E-state index contributed by atoms with van der Waals surface area (Å²) in [6, 6.07) is 11.0. The van der Waals surface area contributed by atoms with E-state index in [1.165, 1.54) is 56.9 Å². The summed E-state index contributed by atoms with van der Waals surface area (Å²) >= 11 is 0. The van der Waals surface area contributed by atoms with Gasteiger partial charge in [-0.2, -0.15) is 0 Å². The summed E-state index contributed by atoms with van der Waals surface area (Å²) in [5.41, 5.74) is 4.63. The first-order valence-electron chi connectivity index (χ1n) is 23.1. The molecule has 1 aromatic carbocycles. The standard InChI is InChI=1S/C50H64N4O6/c1-31(2)9-6-10-32(3)39-16-17-40-37-15-14-34-30-36(20-22-49(34,4)41(37)21-23-50(39,40)5)59-43(56)19-18-42(55)58-35-12-7-11-33(29-35)46-52-44-38-13-8-24-51-48(38)60-45(44)47(53-46)54-25-27-57-28-26-54/h7-8,11-14,24,29,31-32,36-37,39-41H,6,9-10,15-23,25-28,30H2,1-5H3. The number of hydrogen-bond acceptors (Lipinski definition) is 10. The van der Waals surface area contributed by atoms with Crippen molar-refractivity contribution in [3.05, 3.63) is 54.2 Å². The number of aromatic nitrogens is 3. The summed E-state index contributed by atoms with van der Waals surface area (Å²) in [7, 11) is 0. The molecule has 4 aliphatic carbocycles. The Labute approximate surface area is 355 Å². The van der Waals surface area contributed by atoms with Crippen molar-refractivity contribution >= 4 is 40.0 Å². The molecule has 320 valence electrons. The van der Waals surface area contributed by atoms with E-state index in [0.717, 1.165) is 60.2 Å². The first kappa shape index (κ1) is 41.1. The normalized spacial score (nSPS) is 29.5. The molecule has 1 saturated heterocycles. The number of nitrogens with zero attached hydrogens (tertiary/aromatic N) is 4. The van der Waals surface area contributed by atoms with E-state index < -0.39 is 5.97 Å². The Balaban J connectivity index is 0.799. The van der Waals surface area contributed by atoms with Crippen molar-refractivity contribution < 1.29 is 28.2 Å². The van der Waals surface area contributed by atoms with Crippen LogP contribution in [0.3, 0.4) is 0 Å². The molecule has 10 nitrogen and oxygen atoms in total. The highest BCUT2D eigenvalue weighted by molar-refractivity contribution is 6.05. The Morgan fingerprint density at radius 2 is 1.77 bits per heavy atom. The summed E-state index contributed by atoms with van der Waals surface area (Å²) in [5, 5.41) is 0.804. The minimum absolute atomic E-state index is 0.0162. The van der Waals surface area contributed by atoms with E-state index in [4.69, 9.17) is 28.6 Å². The molecule has 3 saturated carbocycles. The predicted octanol–water partition coefficient (Wildman–Crippen LogP) is 10.9. The minimum Gasteiger partial charge on any atom is -0.462 e. The molecular formula is C50H64N4O6. The van der Waals surface area contributed by atoms with Crippen LogP contribution in [0.25, 0.3) is 33.6 Å². The molecule has 0 N–H and O–H groups in total. The molecule has 1 aliphatic heterocycles. The maximum atomic E-state index is 13.2. The third kappa shape index (κ3) is 7.86. The fraction of sp³-hybridized carbons (Fsp3) is 0.620. The average molecular weight is 817 g/mol. The number of hydrogen-bond donors (Lipinski definition) is 0. The fourth-order valence-electron chi connectivity index (χ4n) is 12.7. The summed E-state index contributed by atoms with van der Waals surface area (Å²) in [4.78, 5) is 42.6. The van der Waals surface area contributed by atoms with E-state index in [0.29, 0.717) is 71.5 Å². The third-order valence-corrected chi connectivity index (χ3v) is 15.8. The number of furan rings is 1. The zero-order valence-corrected chi connectivity index (χ0v) is 36.4. The highest BCUT2D eigenvalue weighted by atomic mass is 16.5. The van der Waals surface area contributed by atoms with Gasteiger partial charge >= 0.3 is 11.9 Å². The van der Waals surface area contributed by atoms with Gasteiger partial charge in [0.15, 0.2) is 17.2 Å². The van der Waals surface area contributed by atoms with Gasteiger partial charge in [0.25, 0.3) is 0 Å². The number of carbonyl (C=O) groups excluding carboxylic acids is 2. The van der Waals surface area contributed by atoms with Crippen LogP contribution in [0, 0.1) is 46.3 Å². The number of pyridine rings is 1. The number of fused-ring (bicyclic) bond motifs is 8. The quantitative estimate of drug-likeness (QED) is 0.0777. The van der Waals surface area contributed by atoms with E-state index in [2.05, 4.69) is 50.6 Å². The third-order valence-electron chi connectivity index (χ3n) is 15.8. The lowest BCUT2D eigenvalue weighted by Crippen LogP contribution is -2.51. The number of rotatable bonds is 12. The van der Waals surface area contributed by atoms with Crippen molar-refractivity contribution in [2.75, 3.05) is 31.2 Å². The predicted molar refractivity (Wildman–Crippen MR) is 233 cm³/mol. The molecule has 8 atom stereocenters. The van der Waals surface area contributed by atoms with Gasteiger partial charge in [0, 0.05) is 31.3 Å². The van der Waals surface area contributed by atoms with E-state index in [-0.39, 0.29) is 30.3 Å². The molecule has 3 aromatic heterocycles. The molecule has 0 spiro atoms. The zero-order valence-electron chi connectivity index (χ0n) is 36.4. The SMILES string of the molecule is CC(C)CCCC(C)C1CCC2C3CC=C4CC(OC(=O)CCC(=O)Oc5cccc(-c6nc(N7CCOCC7)c7oc8ncccc8c7n6)c5)CCC4(C)C3CCC12C. The van der Waals surface area contributed by atoms with Crippen LogP contribution in [0.1, 0.15) is 118 Å². The van der Waals surface area contributed by atoms with Gasteiger partial charge in [-0.25, -0.2) is 15.0 Å². The van der Waals surface area contributed by atoms with Gasteiger partial charge in [0.1, 0.15) is 17.4 Å². The molecule has 10 heteroatoms. The van der Waals surface area contributed by atoms with Crippen LogP contribution >= 0.6 is 0 Å². The number of allylic oxidation sites excluding steroid dienone is 1. The van der Waals surface area contributed by atoms with Gasteiger partial charge < -0.3 is 23.5 Å². The van der Waals surface area contributed by atoms with Crippen molar-refractivity contribution in [2.45, 2.75) is 124 Å². The Hall–Kier alpha value is -4.31. The number of carbonyl (C=O) groups is 2. The Morgan fingerprint density at radius 1 is 0.933 bits per heavy atom. The topological polar surface area (TPSA) is 117 Å². The number of benzene rings is 1. The molecular weight excluding hydrogens is 753 g/mol. The Morgan fingerprint density at radius 3 is 2.60 bits per heavy atom. The van der Waals surface area contributed by atoms with Crippen LogP contribution in [-0.2, 0) is 19.1 Å². The van der Waals surface area contributed by atoms with Crippen molar-refractivity contribution in [1.29, 1.82) is 0 Å². The van der Waals surface area contributed by atoms with Crippen LogP contribution in [0.5, 0.6) is 5.75 Å². The molecule has 0 amide bonds. The van der Waals surface area contributed by atoms with Crippen LogP contribution in [-0.4, -0.2) is 59.3 Å². The van der Waals surface area contributed by atoms with E-state index in [1.807, 2.05) is 24.3 Å². The van der Waals surface area contributed by atoms with Crippen molar-refractivity contribution in [1.82, 2.24) is 15.0 Å². The smallest absolute Gasteiger partial charge is 0.311 e. The summed E-state index contributed by atoms with van der Waals surface area (Å²) in [5.74, 6) is 5.50. The van der Waals surface area contributed by atoms with Crippen LogP contribution in [0.4, 0.5) is 5.82 Å². The number of anilines is 1. The maximum absolute atomic E-state index is 13.2. The second-order valence-electron chi connectivity index (χ2n) is 19.8. The molecule has 4 heterocycles. The van der Waals surface area contributed by atoms with Crippen LogP contribution in [0.2, 0.25) is 0 Å². The van der Waals surface area contributed by atoms with E-state index in [1.54, 1.807) is 18.3 Å². The van der Waals surface area contributed by atoms with Gasteiger partial charge in [0.05, 0.1) is 31.4 Å². The summed E-state index contributed by atoms with van der Waals surface area (Å²) < 4.78 is 23.6. The molecule has 4 aromatic rings. The van der Waals surface area contributed by atoms with Gasteiger partial charge in [-0.3, -0.25) is 9.59 Å². The largest absolute Gasteiger partial charge is 0.462 e. The van der Waals surface area contributed by atoms with Gasteiger partial charge in [-0.1, -0.05) is 77.7 Å². The number of morpholine rings is 1. The highest BCUT2D eigenvalue weighted by Crippen LogP contribution is 2.67. The van der Waals surface area contributed by atoms with Gasteiger partial charge in [0.2, 0.25) is 5.71 Å². The Bertz CT molecular complexity index is 2240. The lowest BCUT2D eigenvalue weighted by Gasteiger charge is -2.58. The molecule has 60 heavy (non-hydrogen) atoms. The fourth-order valence-corrected chi connectivity index (χ4v) is 12.7. The lowest BCUT2D eigenvalue weighted by atomic mass is 9.47. The first-order valence-corrected chi connectivity index (χ1v) is 23.1. The lowest BCUT2D eigenvalue weighted by molar-refractivity contribution is -0.153. The molecule has 9 rings (SSSR count). The monoisotopic (exact) mass is 816 g/mol. The summed E-state index contributed by atoms with van der Waals surface area (Å²) in [6.45, 7) is 15.0. The van der Waals surface area contributed by atoms with Crippen LogP contribution < -0.4 is 9.64 Å². The van der Waals surface area contributed by atoms with Crippen molar-refractivity contribution in [3.63, 3.8) is 0 Å². The van der Waals surface area contributed by atoms with Gasteiger partial charge in [-0.05, 0) is 116 Å². The second kappa shape index (κ2) is 16.9. The maximum Gasteiger partial charge on any atom is 0.311 e. The van der Waals surface area contributed by atoms with E-state index >= 15 is 0 Å². The summed E-state index contributed by atoms with van der Waals surface area (Å²) in [6.07, 6.45) is 17.5. The number of ether oxygens (including phenoxy) is 3. The van der Waals surface area contributed by atoms with Crippen molar-refractivity contribution in [2.24, 2.45) is 46.3 Å². The Kier molecular flexibility index (Phi) is 11.5. The first-order chi connectivity index (χ1) is 29.0. The van der Waals surface area contributed by atoms with Crippen molar-refractivity contribution in [3.8, 4) is 17.1 Å². The van der Waals surface area contributed by atoms with Gasteiger partial charge in [-0.15, -0.1) is 0 Å². The highest BCUT2D eigenvalue weighted by Gasteiger charge is 2.59. The molecule has 8 unspecified atom stereocenters. The van der Waals surface area contributed by atoms with E-state index in [9.17, 15) is 9.59 Å². The average Bonchev–Trinajstić information content (AvgIpc) is 3.81. The molecule has 4 fully saturated rings. The van der Waals surface area contributed by atoms with Crippen LogP contribution in [0.15, 0.2) is 58.7 Å². The zero-order chi connectivity index (χ0) is 41.6. The second-order valence-corrected chi connectivity index (χ2v) is 19.8. The molecule has 0 bridgehead atoms. The minimum atomic E-state index is -0.484. The number of esters is 2.